The van der Waals surface area contributed by atoms with E-state index in [4.69, 9.17) is 0 Å². The summed E-state index contributed by atoms with van der Waals surface area (Å²) in [5, 5.41) is 7.67. The van der Waals surface area contributed by atoms with Gasteiger partial charge < -0.3 is 5.32 Å². The fourth-order valence-corrected chi connectivity index (χ4v) is 1.76. The van der Waals surface area contributed by atoms with Crippen molar-refractivity contribution in [3.05, 3.63) is 48.5 Å². The van der Waals surface area contributed by atoms with Crippen molar-refractivity contribution >= 4 is 0 Å². The molecule has 0 radical (unpaired) electrons. The highest BCUT2D eigenvalue weighted by atomic mass is 15.3. The van der Waals surface area contributed by atoms with Crippen molar-refractivity contribution in [1.29, 1.82) is 0 Å². The maximum absolute atomic E-state index is 4.19. The molecule has 2 aromatic rings. The molecule has 1 unspecified atom stereocenters. The molecule has 0 saturated carbocycles. The molecule has 4 heteroatoms. The summed E-state index contributed by atoms with van der Waals surface area (Å²) in [5.41, 5.74) is 1.27. The van der Waals surface area contributed by atoms with Crippen LogP contribution in [0.4, 0.5) is 0 Å². The second-order valence-electron chi connectivity index (χ2n) is 4.19. The van der Waals surface area contributed by atoms with E-state index in [1.54, 1.807) is 6.20 Å². The van der Waals surface area contributed by atoms with Gasteiger partial charge in [-0.05, 0) is 37.6 Å². The second-order valence-corrected chi connectivity index (χ2v) is 4.19. The zero-order valence-electron chi connectivity index (χ0n) is 10.1. The lowest BCUT2D eigenvalue weighted by Crippen LogP contribution is -2.32. The average Bonchev–Trinajstić information content (AvgIpc) is 2.83. The Morgan fingerprint density at radius 2 is 2.29 bits per heavy atom. The van der Waals surface area contributed by atoms with Crippen LogP contribution in [-0.4, -0.2) is 27.4 Å². The maximum atomic E-state index is 4.19. The highest BCUT2D eigenvalue weighted by molar-refractivity contribution is 5.08. The highest BCUT2D eigenvalue weighted by Gasteiger charge is 2.02. The Balaban J connectivity index is 1.68. The summed E-state index contributed by atoms with van der Waals surface area (Å²) < 4.78 is 1.95. The quantitative estimate of drug-likeness (QED) is 0.817. The van der Waals surface area contributed by atoms with Gasteiger partial charge in [-0.2, -0.15) is 5.10 Å². The highest BCUT2D eigenvalue weighted by Crippen LogP contribution is 1.96. The number of aromatic nitrogens is 3. The van der Waals surface area contributed by atoms with E-state index in [9.17, 15) is 0 Å². The van der Waals surface area contributed by atoms with Gasteiger partial charge in [-0.25, -0.2) is 0 Å². The van der Waals surface area contributed by atoms with Gasteiger partial charge in [-0.1, -0.05) is 6.07 Å². The van der Waals surface area contributed by atoms with Gasteiger partial charge >= 0.3 is 0 Å². The predicted octanol–water partition coefficient (Wildman–Crippen LogP) is 1.50. The number of nitrogens with one attached hydrogen (secondary N) is 1. The molecule has 1 N–H and O–H groups in total. The molecule has 0 saturated heterocycles. The lowest BCUT2D eigenvalue weighted by molar-refractivity contribution is 0.454. The molecule has 17 heavy (non-hydrogen) atoms. The van der Waals surface area contributed by atoms with Gasteiger partial charge in [0.1, 0.15) is 0 Å². The maximum Gasteiger partial charge on any atom is 0.0559 e. The number of hydrogen-bond acceptors (Lipinski definition) is 3. The average molecular weight is 230 g/mol. The molecule has 0 aliphatic carbocycles. The minimum absolute atomic E-state index is 0.423. The molecule has 0 amide bonds. The summed E-state index contributed by atoms with van der Waals surface area (Å²) in [7, 11) is 0. The van der Waals surface area contributed by atoms with Crippen molar-refractivity contribution in [3.63, 3.8) is 0 Å². The molecule has 0 aliphatic heterocycles. The van der Waals surface area contributed by atoms with E-state index < -0.39 is 0 Å². The van der Waals surface area contributed by atoms with Crippen molar-refractivity contribution in [1.82, 2.24) is 20.1 Å². The first kappa shape index (κ1) is 11.8. The Morgan fingerprint density at radius 3 is 3.00 bits per heavy atom. The van der Waals surface area contributed by atoms with Gasteiger partial charge in [0.25, 0.3) is 0 Å². The Kier molecular flexibility index (Phi) is 4.27. The summed E-state index contributed by atoms with van der Waals surface area (Å²) in [6, 6.07) is 6.45. The van der Waals surface area contributed by atoms with Gasteiger partial charge in [0.15, 0.2) is 0 Å². The Bertz CT molecular complexity index is 410. The molecule has 1 atom stereocenters. The molecule has 0 aliphatic rings. The molecule has 0 spiro atoms. The number of hydrogen-bond donors (Lipinski definition) is 1. The predicted molar refractivity (Wildman–Crippen MR) is 67.6 cm³/mol. The van der Waals surface area contributed by atoms with Crippen molar-refractivity contribution in [2.45, 2.75) is 25.9 Å². The molecule has 0 bridgehead atoms. The number of rotatable bonds is 6. The number of nitrogens with zero attached hydrogens (tertiary/aromatic N) is 3. The van der Waals surface area contributed by atoms with Gasteiger partial charge in [-0.15, -0.1) is 0 Å². The lowest BCUT2D eigenvalue weighted by atomic mass is 10.2. The van der Waals surface area contributed by atoms with E-state index >= 15 is 0 Å². The standard InChI is InChI=1S/C13H18N4/c1-12(11-17-9-3-7-16-17)15-8-5-13-4-2-6-14-10-13/h2-4,6-7,9-10,12,15H,5,8,11H2,1H3. The van der Waals surface area contributed by atoms with Crippen LogP contribution in [0.3, 0.4) is 0 Å². The largest absolute Gasteiger partial charge is 0.312 e. The Labute approximate surface area is 102 Å². The molecular weight excluding hydrogens is 212 g/mol. The molecule has 0 aromatic carbocycles. The summed E-state index contributed by atoms with van der Waals surface area (Å²) in [6.45, 7) is 4.04. The third-order valence-corrected chi connectivity index (χ3v) is 2.65. The van der Waals surface area contributed by atoms with Crippen LogP contribution in [0, 0.1) is 0 Å². The Hall–Kier alpha value is -1.68. The van der Waals surface area contributed by atoms with E-state index in [-0.39, 0.29) is 0 Å². The van der Waals surface area contributed by atoms with Gasteiger partial charge in [0, 0.05) is 30.8 Å². The van der Waals surface area contributed by atoms with Crippen LogP contribution >= 0.6 is 0 Å². The SMILES string of the molecule is CC(Cn1cccn1)NCCc1cccnc1. The first-order chi connectivity index (χ1) is 8.34. The molecular formula is C13H18N4. The van der Waals surface area contributed by atoms with Crippen LogP contribution in [0.2, 0.25) is 0 Å². The number of pyridine rings is 1. The Morgan fingerprint density at radius 1 is 1.35 bits per heavy atom. The first-order valence-corrected chi connectivity index (χ1v) is 5.94. The summed E-state index contributed by atoms with van der Waals surface area (Å²) in [4.78, 5) is 4.10. The van der Waals surface area contributed by atoms with Crippen LogP contribution in [0.15, 0.2) is 43.0 Å². The molecule has 4 nitrogen and oxygen atoms in total. The van der Waals surface area contributed by atoms with Crippen LogP contribution in [-0.2, 0) is 13.0 Å². The van der Waals surface area contributed by atoms with Crippen LogP contribution in [0.25, 0.3) is 0 Å². The topological polar surface area (TPSA) is 42.7 Å². The normalized spacial score (nSPS) is 12.5. The smallest absolute Gasteiger partial charge is 0.0559 e. The minimum atomic E-state index is 0.423. The van der Waals surface area contributed by atoms with Crippen LogP contribution in [0.5, 0.6) is 0 Å². The lowest BCUT2D eigenvalue weighted by Gasteiger charge is -2.13. The van der Waals surface area contributed by atoms with Crippen LogP contribution in [0.1, 0.15) is 12.5 Å². The van der Waals surface area contributed by atoms with E-state index in [1.165, 1.54) is 5.56 Å². The summed E-state index contributed by atoms with van der Waals surface area (Å²) in [5.74, 6) is 0. The second kappa shape index (κ2) is 6.15. The fourth-order valence-electron chi connectivity index (χ4n) is 1.76. The zero-order chi connectivity index (χ0) is 11.9. The summed E-state index contributed by atoms with van der Waals surface area (Å²) in [6.07, 6.45) is 8.52. The molecule has 0 fully saturated rings. The van der Waals surface area contributed by atoms with Crippen molar-refractivity contribution < 1.29 is 0 Å². The zero-order valence-corrected chi connectivity index (χ0v) is 10.1. The molecule has 90 valence electrons. The van der Waals surface area contributed by atoms with E-state index in [0.29, 0.717) is 6.04 Å². The van der Waals surface area contributed by atoms with Crippen molar-refractivity contribution in [2.75, 3.05) is 6.54 Å². The van der Waals surface area contributed by atoms with Crippen molar-refractivity contribution in [2.24, 2.45) is 0 Å². The van der Waals surface area contributed by atoms with Gasteiger partial charge in [-0.3, -0.25) is 9.67 Å². The van der Waals surface area contributed by atoms with Gasteiger partial charge in [0.2, 0.25) is 0 Å². The first-order valence-electron chi connectivity index (χ1n) is 5.94. The summed E-state index contributed by atoms with van der Waals surface area (Å²) >= 11 is 0. The molecule has 2 rings (SSSR count). The fraction of sp³-hybridized carbons (Fsp3) is 0.385. The minimum Gasteiger partial charge on any atom is -0.312 e. The van der Waals surface area contributed by atoms with Crippen molar-refractivity contribution in [3.8, 4) is 0 Å². The van der Waals surface area contributed by atoms with E-state index in [2.05, 4.69) is 28.4 Å². The molecule has 2 heterocycles. The van der Waals surface area contributed by atoms with E-state index in [1.807, 2.05) is 35.4 Å². The molecule has 2 aromatic heterocycles. The van der Waals surface area contributed by atoms with E-state index in [0.717, 1.165) is 19.5 Å². The third kappa shape index (κ3) is 4.00. The van der Waals surface area contributed by atoms with Crippen LogP contribution < -0.4 is 5.32 Å². The monoisotopic (exact) mass is 230 g/mol. The third-order valence-electron chi connectivity index (χ3n) is 2.65. The van der Waals surface area contributed by atoms with Gasteiger partial charge in [0.05, 0.1) is 6.54 Å².